The molecule has 0 aliphatic carbocycles. The van der Waals surface area contributed by atoms with Crippen LogP contribution in [0.25, 0.3) is 0 Å². The molecule has 0 aromatic carbocycles. The van der Waals surface area contributed by atoms with Crippen molar-refractivity contribution in [2.24, 2.45) is 47.0 Å². The first kappa shape index (κ1) is 94.3. The van der Waals surface area contributed by atoms with Crippen LogP contribution >= 0.6 is 0 Å². The number of carbonyl (C=O) groups is 1. The van der Waals surface area contributed by atoms with Crippen LogP contribution in [0.2, 0.25) is 0 Å². The van der Waals surface area contributed by atoms with Crippen molar-refractivity contribution >= 4 is 5.97 Å². The molecule has 0 spiro atoms. The van der Waals surface area contributed by atoms with Crippen LogP contribution in [0, 0.1) is 35.5 Å². The van der Waals surface area contributed by atoms with Crippen molar-refractivity contribution in [2.75, 3.05) is 6.61 Å². The van der Waals surface area contributed by atoms with Crippen LogP contribution in [-0.2, 0) is 61.6 Å². The van der Waals surface area contributed by atoms with Crippen LogP contribution in [0.15, 0.2) is 48.1 Å². The third kappa shape index (κ3) is 24.0. The maximum absolute atomic E-state index is 14.0. The first-order valence-electron chi connectivity index (χ1n) is 39.1. The zero-order valence-electron chi connectivity index (χ0n) is 65.4. The molecule has 23 N–H and O–H groups in total. The number of carbonyl (C=O) groups excluding carboxylic acids is 1. The molecule has 34 nitrogen and oxygen atoms in total. The lowest BCUT2D eigenvalue weighted by atomic mass is 9.83. The van der Waals surface area contributed by atoms with Crippen molar-refractivity contribution in [3.05, 3.63) is 48.1 Å². The van der Waals surface area contributed by atoms with Crippen LogP contribution in [0.5, 0.6) is 0 Å². The molecule has 7 aliphatic heterocycles. The number of rotatable bonds is 18. The molecule has 0 amide bonds. The van der Waals surface area contributed by atoms with E-state index in [0.29, 0.717) is 12.8 Å². The first-order valence-corrected chi connectivity index (χ1v) is 39.1. The van der Waals surface area contributed by atoms with E-state index in [1.807, 2.05) is 20.8 Å². The minimum absolute atomic E-state index is 0.100. The van der Waals surface area contributed by atoms with E-state index >= 15 is 0 Å². The Labute approximate surface area is 644 Å². The van der Waals surface area contributed by atoms with E-state index in [4.69, 9.17) is 68.3 Å². The van der Waals surface area contributed by atoms with Crippen molar-refractivity contribution in [1.82, 2.24) is 0 Å². The van der Waals surface area contributed by atoms with Gasteiger partial charge in [0.25, 0.3) is 0 Å². The third-order valence-corrected chi connectivity index (χ3v) is 23.5. The molecule has 6 saturated heterocycles. The Morgan fingerprint density at radius 1 is 0.591 bits per heavy atom. The number of aliphatic hydroxyl groups excluding tert-OH is 18. The van der Waals surface area contributed by atoms with Gasteiger partial charge in [0, 0.05) is 105 Å². The molecule has 7 rings (SSSR count). The summed E-state index contributed by atoms with van der Waals surface area (Å²) < 4.78 is 74.6. The van der Waals surface area contributed by atoms with E-state index in [9.17, 15) is 102 Å². The summed E-state index contributed by atoms with van der Waals surface area (Å²) in [6, 6.07) is -0.879. The van der Waals surface area contributed by atoms with Crippen molar-refractivity contribution in [2.45, 2.75) is 380 Å². The third-order valence-electron chi connectivity index (χ3n) is 23.5. The lowest BCUT2D eigenvalue weighted by molar-refractivity contribution is -0.388. The lowest BCUT2D eigenvalue weighted by Crippen LogP contribution is -2.65. The molecule has 34 heteroatoms. The molecule has 638 valence electrons. The number of fused-ring (bicyclic) bond motifs is 2. The Bertz CT molecular complexity index is 2890. The molecule has 0 unspecified atom stereocenters. The van der Waals surface area contributed by atoms with Gasteiger partial charge in [0.2, 0.25) is 0 Å². The highest BCUT2D eigenvalue weighted by molar-refractivity contribution is 5.82. The molecule has 6 fully saturated rings. The van der Waals surface area contributed by atoms with E-state index in [2.05, 4.69) is 0 Å². The van der Waals surface area contributed by atoms with Gasteiger partial charge in [0.05, 0.1) is 110 Å². The van der Waals surface area contributed by atoms with Gasteiger partial charge >= 0.3 is 5.97 Å². The highest BCUT2D eigenvalue weighted by atomic mass is 16.8. The standard InChI is InChI=1S/C76H132N2O32/c1-14-42(59(87)36(7)51(15-2)104-57-30-75(13,78)70(96)41(12)100-57)19-22-44-21-17-34(5)58(86)37(8)52(105-73-67(95)65(93)63(91)54(31-79)107-73)28-49(83)35(6)48(82)25-45-26-50(84)71(97)76(98,110-45)29-53(33(4)16-20-43(80)24-47(81)32(3)18-23-55(85)103-44)106-74-69(109-72-66(94)64(92)61(89)39(10)101-72)68(62(90)40(11)102-74)108-56-27-46(77)60(88)38(9)99-56/h16-20,22-23,32-33,35-54,56-74,79-84,86-98H,14-15,21,24-31,77-78H2,1-13H3/t32-,33-,35-,36-,37-,38+,39+,40+,41-,42-,43+,44-,45+,46+,47+,48+,49+,50-,51-,52+,53+,54+,56-,57-,58+,59-,60+,61+,62+,63+,64-,65-,66+,67-,68-,69+,70+,71+,72-,73+,74-,75-,76-/m0/s1. The average Bonchev–Trinajstić information content (AvgIpc) is 0.774. The van der Waals surface area contributed by atoms with Gasteiger partial charge in [-0.15, -0.1) is 0 Å². The summed E-state index contributed by atoms with van der Waals surface area (Å²) in [5.41, 5.74) is 12.0. The van der Waals surface area contributed by atoms with E-state index in [1.54, 1.807) is 59.8 Å². The maximum atomic E-state index is 14.0. The molecule has 0 aromatic rings. The minimum Gasteiger partial charge on any atom is -0.455 e. The largest absolute Gasteiger partial charge is 0.455 e. The summed E-state index contributed by atoms with van der Waals surface area (Å²) in [7, 11) is 0. The minimum atomic E-state index is -2.82. The predicted octanol–water partition coefficient (Wildman–Crippen LogP) is -2.85. The molecule has 0 radical (unpaired) electrons. The number of esters is 1. The van der Waals surface area contributed by atoms with Gasteiger partial charge in [0.15, 0.2) is 37.2 Å². The normalized spacial score (nSPS) is 48.5. The van der Waals surface area contributed by atoms with Gasteiger partial charge in [0.1, 0.15) is 73.2 Å². The van der Waals surface area contributed by atoms with Crippen LogP contribution < -0.4 is 11.5 Å². The number of nitrogens with two attached hydrogens (primary N) is 2. The Morgan fingerprint density at radius 3 is 1.81 bits per heavy atom. The molecule has 7 aliphatic rings. The fourth-order valence-corrected chi connectivity index (χ4v) is 15.5. The average molecular weight is 1590 g/mol. The molecular weight excluding hydrogens is 1450 g/mol. The van der Waals surface area contributed by atoms with E-state index < -0.39 is 300 Å². The van der Waals surface area contributed by atoms with Gasteiger partial charge < -0.3 is 165 Å². The van der Waals surface area contributed by atoms with Crippen molar-refractivity contribution in [1.29, 1.82) is 0 Å². The summed E-state index contributed by atoms with van der Waals surface area (Å²) in [5.74, 6) is -8.92. The summed E-state index contributed by atoms with van der Waals surface area (Å²) in [5, 5.41) is 217. The van der Waals surface area contributed by atoms with Crippen molar-refractivity contribution in [3.63, 3.8) is 0 Å². The fraction of sp³-hybridized carbons (Fsp3) is 0.882. The first-order chi connectivity index (χ1) is 51.4. The Hall–Kier alpha value is -2.85. The number of aliphatic hydroxyl groups is 19. The molecule has 2 bridgehead atoms. The number of cyclic esters (lactones) is 1. The summed E-state index contributed by atoms with van der Waals surface area (Å²) in [4.78, 5) is 14.0. The number of hydrogen-bond acceptors (Lipinski definition) is 34. The Kier molecular flexibility index (Phi) is 35.6. The highest BCUT2D eigenvalue weighted by Crippen LogP contribution is 2.42. The smallest absolute Gasteiger partial charge is 0.331 e. The monoisotopic (exact) mass is 1580 g/mol. The molecule has 43 atom stereocenters. The Morgan fingerprint density at radius 2 is 1.18 bits per heavy atom. The van der Waals surface area contributed by atoms with E-state index in [-0.39, 0.29) is 31.3 Å². The van der Waals surface area contributed by atoms with Crippen molar-refractivity contribution in [3.8, 4) is 0 Å². The van der Waals surface area contributed by atoms with Crippen LogP contribution in [0.1, 0.15) is 154 Å². The second kappa shape index (κ2) is 41.5. The van der Waals surface area contributed by atoms with Gasteiger partial charge in [-0.2, -0.15) is 0 Å². The molecule has 0 saturated carbocycles. The molecule has 7 heterocycles. The maximum Gasteiger partial charge on any atom is 0.331 e. The van der Waals surface area contributed by atoms with Gasteiger partial charge in [-0.25, -0.2) is 4.79 Å². The van der Waals surface area contributed by atoms with Crippen LogP contribution in [-0.4, -0.2) is 335 Å². The molecule has 110 heavy (non-hydrogen) atoms. The second-order valence-electron chi connectivity index (χ2n) is 32.4. The fourth-order valence-electron chi connectivity index (χ4n) is 15.5. The molecule has 0 aromatic heterocycles. The summed E-state index contributed by atoms with van der Waals surface area (Å²) >= 11 is 0. The predicted molar refractivity (Wildman–Crippen MR) is 388 cm³/mol. The second-order valence-corrected chi connectivity index (χ2v) is 32.4. The highest BCUT2D eigenvalue weighted by Gasteiger charge is 2.56. The van der Waals surface area contributed by atoms with Gasteiger partial charge in [-0.1, -0.05) is 78.8 Å². The summed E-state index contributed by atoms with van der Waals surface area (Å²) in [6.07, 6.45) is -40.5. The SMILES string of the molecule is CC[C@@H](C=C[C@@H]1CC=C(C)[C@@H](O)[C@@H](C)[C@H](O[C@@H]2O[C@H](CO)[C@@H](O)[C@H](O)[C@@H]2O)C[C@@H](O)[C@@H](C)[C@H](O)C[C@@H]2C[C@H](O)[C@@H](O)[C@](O)(C[C@@H](O[C@@H]3O[C@H](C)[C@@H](O)[C@H](O[C@H]4C[C@@H](N)[C@H](O)[C@@H](C)O4)[C@H]3O[C@@H]3O[C@H](C)[C@@H](O)[C@H](O)[C@H]3O)[C@@H](C)C=C[C@@H](O)C[C@@H](O)[C@@H](C)C=CC(=O)O1)O2)[C@@H](O)[C@@H](C)[C@H](CC)O[C@H]1C[C@](C)(N)[C@H](O)[C@H](C)O1. The quantitative estimate of drug-likeness (QED) is 0.0485. The van der Waals surface area contributed by atoms with Crippen molar-refractivity contribution < 1.29 is 159 Å². The lowest BCUT2D eigenvalue weighted by Gasteiger charge is -2.49. The van der Waals surface area contributed by atoms with Crippen LogP contribution in [0.3, 0.4) is 0 Å². The van der Waals surface area contributed by atoms with E-state index in [1.165, 1.54) is 45.9 Å². The van der Waals surface area contributed by atoms with Gasteiger partial charge in [-0.3, -0.25) is 0 Å². The zero-order chi connectivity index (χ0) is 82.0. The van der Waals surface area contributed by atoms with Gasteiger partial charge in [-0.05, 0) is 66.0 Å². The Balaban J connectivity index is 1.25. The number of hydrogen-bond donors (Lipinski definition) is 21. The topological polar surface area (TPSA) is 564 Å². The van der Waals surface area contributed by atoms with E-state index in [0.717, 1.165) is 6.08 Å². The zero-order valence-corrected chi connectivity index (χ0v) is 65.4. The van der Waals surface area contributed by atoms with Crippen LogP contribution in [0.4, 0.5) is 0 Å². The molecular formula is C76H132N2O32. The summed E-state index contributed by atoms with van der Waals surface area (Å²) in [6.45, 7) is 20.2. The number of ether oxygens (including phenoxy) is 12.